The average molecular weight is 367 g/mol. The number of aryl methyl sites for hydroxylation is 1. The molecule has 0 aliphatic rings. The van der Waals surface area contributed by atoms with Crippen molar-refractivity contribution in [2.45, 2.75) is 13.8 Å². The molecule has 130 valence electrons. The van der Waals surface area contributed by atoms with Crippen LogP contribution in [0.4, 0.5) is 11.7 Å². The lowest BCUT2D eigenvalue weighted by Gasteiger charge is -2.02. The van der Waals surface area contributed by atoms with Crippen LogP contribution < -0.4 is 5.32 Å². The van der Waals surface area contributed by atoms with Gasteiger partial charge in [-0.15, -0.1) is 10.2 Å². The first-order valence-corrected chi connectivity index (χ1v) is 8.34. The number of nitrogens with zero attached hydrogens (tertiary/aromatic N) is 5. The number of halogens is 1. The lowest BCUT2D eigenvalue weighted by Crippen LogP contribution is -1.98. The Hall–Kier alpha value is -3.19. The minimum Gasteiger partial charge on any atom is -0.401 e. The minimum absolute atomic E-state index is 0.296. The van der Waals surface area contributed by atoms with Crippen molar-refractivity contribution < 1.29 is 4.42 Å². The van der Waals surface area contributed by atoms with Crippen LogP contribution in [0.1, 0.15) is 11.3 Å². The largest absolute Gasteiger partial charge is 0.401 e. The summed E-state index contributed by atoms with van der Waals surface area (Å²) in [5.41, 5.74) is 4.22. The highest BCUT2D eigenvalue weighted by Crippen LogP contribution is 2.25. The zero-order valence-electron chi connectivity index (χ0n) is 14.1. The molecule has 7 nitrogen and oxygen atoms in total. The van der Waals surface area contributed by atoms with E-state index >= 15 is 0 Å². The van der Waals surface area contributed by atoms with Crippen molar-refractivity contribution in [1.82, 2.24) is 25.2 Å². The van der Waals surface area contributed by atoms with E-state index in [4.69, 9.17) is 16.0 Å². The van der Waals surface area contributed by atoms with E-state index in [0.29, 0.717) is 22.6 Å². The van der Waals surface area contributed by atoms with Gasteiger partial charge in [0.25, 0.3) is 5.89 Å². The average Bonchev–Trinajstić information content (AvgIpc) is 3.24. The second kappa shape index (κ2) is 6.61. The minimum atomic E-state index is 0.296. The molecule has 2 aromatic carbocycles. The molecule has 0 aliphatic heterocycles. The Balaban J connectivity index is 1.60. The fourth-order valence-electron chi connectivity index (χ4n) is 2.48. The molecule has 0 spiro atoms. The van der Waals surface area contributed by atoms with Crippen LogP contribution in [0.3, 0.4) is 0 Å². The van der Waals surface area contributed by atoms with E-state index in [9.17, 15) is 0 Å². The predicted molar refractivity (Wildman–Crippen MR) is 98.9 cm³/mol. The van der Waals surface area contributed by atoms with Crippen molar-refractivity contribution in [2.75, 3.05) is 5.32 Å². The van der Waals surface area contributed by atoms with Gasteiger partial charge < -0.3 is 9.73 Å². The summed E-state index contributed by atoms with van der Waals surface area (Å²) in [6.45, 7) is 3.92. The fraction of sp³-hybridized carbons (Fsp3) is 0.111. The summed E-state index contributed by atoms with van der Waals surface area (Å²) in [6.07, 6.45) is 0. The molecule has 4 rings (SSSR count). The Morgan fingerprint density at radius 2 is 1.65 bits per heavy atom. The molecule has 8 heteroatoms. The van der Waals surface area contributed by atoms with Crippen LogP contribution in [0.15, 0.2) is 52.9 Å². The third-order valence-corrected chi connectivity index (χ3v) is 4.15. The topological polar surface area (TPSA) is 81.7 Å². The Bertz CT molecular complexity index is 1040. The van der Waals surface area contributed by atoms with Crippen LogP contribution in [0, 0.1) is 13.8 Å². The van der Waals surface area contributed by atoms with Gasteiger partial charge in [-0.05, 0) is 50.2 Å². The number of hydrogen-bond donors (Lipinski definition) is 1. The molecular weight excluding hydrogens is 352 g/mol. The Labute approximate surface area is 154 Å². The number of hydrogen-bond acceptors (Lipinski definition) is 6. The maximum absolute atomic E-state index is 5.93. The summed E-state index contributed by atoms with van der Waals surface area (Å²) < 4.78 is 7.38. The van der Waals surface area contributed by atoms with Gasteiger partial charge in [0.05, 0.1) is 11.4 Å². The second-order valence-electron chi connectivity index (χ2n) is 5.82. The van der Waals surface area contributed by atoms with Crippen LogP contribution in [0.5, 0.6) is 0 Å². The lowest BCUT2D eigenvalue weighted by molar-refractivity contribution is 0.584. The van der Waals surface area contributed by atoms with Crippen LogP contribution in [-0.2, 0) is 0 Å². The molecule has 0 fully saturated rings. The van der Waals surface area contributed by atoms with Gasteiger partial charge in [-0.3, -0.25) is 0 Å². The molecule has 0 unspecified atom stereocenters. The SMILES string of the molecule is Cc1ccc(Nc2nnc(-c3nnn(-c4ccc(Cl)cc4)c3C)o2)cc1. The highest BCUT2D eigenvalue weighted by molar-refractivity contribution is 6.30. The van der Waals surface area contributed by atoms with Crippen molar-refractivity contribution in [3.8, 4) is 17.3 Å². The van der Waals surface area contributed by atoms with E-state index in [0.717, 1.165) is 17.1 Å². The molecule has 2 aromatic heterocycles. The number of benzene rings is 2. The summed E-state index contributed by atoms with van der Waals surface area (Å²) in [5, 5.41) is 20.2. The summed E-state index contributed by atoms with van der Waals surface area (Å²) in [4.78, 5) is 0. The highest BCUT2D eigenvalue weighted by atomic mass is 35.5. The van der Waals surface area contributed by atoms with Crippen molar-refractivity contribution >= 4 is 23.3 Å². The van der Waals surface area contributed by atoms with E-state index in [1.165, 1.54) is 5.56 Å². The zero-order valence-corrected chi connectivity index (χ0v) is 14.9. The standard InChI is InChI=1S/C18H15ClN6O/c1-11-3-7-14(8-4-11)20-18-23-22-17(26-18)16-12(2)25(24-21-16)15-9-5-13(19)6-10-15/h3-10H,1-2H3,(H,20,23). The van der Waals surface area contributed by atoms with Crippen LogP contribution in [0.25, 0.3) is 17.3 Å². The normalized spacial score (nSPS) is 10.9. The zero-order chi connectivity index (χ0) is 18.1. The molecule has 1 N–H and O–H groups in total. The summed E-state index contributed by atoms with van der Waals surface area (Å²) >= 11 is 5.93. The van der Waals surface area contributed by atoms with Crippen LogP contribution >= 0.6 is 11.6 Å². The summed E-state index contributed by atoms with van der Waals surface area (Å²) in [7, 11) is 0. The Kier molecular flexibility index (Phi) is 4.14. The van der Waals surface area contributed by atoms with E-state index < -0.39 is 0 Å². The monoisotopic (exact) mass is 366 g/mol. The van der Waals surface area contributed by atoms with E-state index in [-0.39, 0.29) is 0 Å². The van der Waals surface area contributed by atoms with Gasteiger partial charge >= 0.3 is 6.01 Å². The molecule has 26 heavy (non-hydrogen) atoms. The van der Waals surface area contributed by atoms with Crippen molar-refractivity contribution in [3.63, 3.8) is 0 Å². The number of anilines is 2. The van der Waals surface area contributed by atoms with Gasteiger partial charge in [0, 0.05) is 10.7 Å². The van der Waals surface area contributed by atoms with Gasteiger partial charge in [-0.25, -0.2) is 4.68 Å². The quantitative estimate of drug-likeness (QED) is 0.578. The highest BCUT2D eigenvalue weighted by Gasteiger charge is 2.18. The molecule has 4 aromatic rings. The molecular formula is C18H15ClN6O. The summed E-state index contributed by atoms with van der Waals surface area (Å²) in [5.74, 6) is 0.303. The first-order chi connectivity index (χ1) is 12.6. The predicted octanol–water partition coefficient (Wildman–Crippen LogP) is 4.33. The van der Waals surface area contributed by atoms with Gasteiger partial charge in [0.2, 0.25) is 0 Å². The third kappa shape index (κ3) is 3.16. The van der Waals surface area contributed by atoms with Gasteiger partial charge in [0.1, 0.15) is 0 Å². The molecule has 0 bridgehead atoms. The lowest BCUT2D eigenvalue weighted by atomic mass is 10.2. The number of nitrogens with one attached hydrogen (secondary N) is 1. The molecule has 0 radical (unpaired) electrons. The molecule has 0 saturated heterocycles. The Morgan fingerprint density at radius 1 is 0.923 bits per heavy atom. The molecule has 2 heterocycles. The molecule has 0 atom stereocenters. The molecule has 0 aliphatic carbocycles. The Morgan fingerprint density at radius 3 is 2.38 bits per heavy atom. The van der Waals surface area contributed by atoms with Crippen molar-refractivity contribution in [2.24, 2.45) is 0 Å². The van der Waals surface area contributed by atoms with Gasteiger partial charge in [-0.1, -0.05) is 39.6 Å². The summed E-state index contributed by atoms with van der Waals surface area (Å²) in [6, 6.07) is 15.5. The fourth-order valence-corrected chi connectivity index (χ4v) is 2.61. The van der Waals surface area contributed by atoms with E-state index in [1.54, 1.807) is 16.8 Å². The van der Waals surface area contributed by atoms with Crippen molar-refractivity contribution in [3.05, 3.63) is 64.8 Å². The van der Waals surface area contributed by atoms with Gasteiger partial charge in [-0.2, -0.15) is 0 Å². The van der Waals surface area contributed by atoms with E-state index in [1.807, 2.05) is 50.2 Å². The van der Waals surface area contributed by atoms with E-state index in [2.05, 4.69) is 25.8 Å². The smallest absolute Gasteiger partial charge is 0.320 e. The number of rotatable bonds is 4. The van der Waals surface area contributed by atoms with Crippen LogP contribution in [0.2, 0.25) is 5.02 Å². The number of aromatic nitrogens is 5. The van der Waals surface area contributed by atoms with Gasteiger partial charge in [0.15, 0.2) is 5.69 Å². The first kappa shape index (κ1) is 16.3. The maximum atomic E-state index is 5.93. The first-order valence-electron chi connectivity index (χ1n) is 7.96. The van der Waals surface area contributed by atoms with Crippen LogP contribution in [-0.4, -0.2) is 25.2 Å². The second-order valence-corrected chi connectivity index (χ2v) is 6.25. The molecule has 0 saturated carbocycles. The molecule has 0 amide bonds. The third-order valence-electron chi connectivity index (χ3n) is 3.90. The maximum Gasteiger partial charge on any atom is 0.320 e. The van der Waals surface area contributed by atoms with Crippen molar-refractivity contribution in [1.29, 1.82) is 0 Å².